The predicted octanol–water partition coefficient (Wildman–Crippen LogP) is 2.49. The summed E-state index contributed by atoms with van der Waals surface area (Å²) in [5.41, 5.74) is 0. The summed E-state index contributed by atoms with van der Waals surface area (Å²) in [4.78, 5) is 5.72. The molecule has 0 aromatic carbocycles. The predicted molar refractivity (Wildman–Crippen MR) is 73.5 cm³/mol. The van der Waals surface area contributed by atoms with E-state index in [-0.39, 0.29) is 0 Å². The summed E-state index contributed by atoms with van der Waals surface area (Å²) in [5, 5.41) is 8.37. The third-order valence-corrected chi connectivity index (χ3v) is 4.53. The molecule has 0 amide bonds. The first-order valence-electron chi connectivity index (χ1n) is 6.54. The summed E-state index contributed by atoms with van der Waals surface area (Å²) >= 11 is 1.79. The monoisotopic (exact) mass is 253 g/mol. The zero-order chi connectivity index (χ0) is 12.3. The quantitative estimate of drug-likeness (QED) is 0.865. The SMILES string of the molecule is Cc1cnc(C(C)NCC2CC(C)CCN2)s1. The molecule has 2 N–H and O–H groups in total. The van der Waals surface area contributed by atoms with E-state index in [0.29, 0.717) is 12.1 Å². The largest absolute Gasteiger partial charge is 0.313 e. The van der Waals surface area contributed by atoms with E-state index in [1.165, 1.54) is 22.7 Å². The molecular formula is C13H23N3S. The number of rotatable bonds is 4. The molecule has 1 aromatic heterocycles. The fourth-order valence-electron chi connectivity index (χ4n) is 2.35. The van der Waals surface area contributed by atoms with Crippen LogP contribution in [0.2, 0.25) is 0 Å². The molecule has 0 aliphatic carbocycles. The van der Waals surface area contributed by atoms with Crippen LogP contribution in [0.5, 0.6) is 0 Å². The van der Waals surface area contributed by atoms with Gasteiger partial charge in [0.25, 0.3) is 0 Å². The molecule has 0 bridgehead atoms. The number of piperidine rings is 1. The number of nitrogens with zero attached hydrogens (tertiary/aromatic N) is 1. The van der Waals surface area contributed by atoms with Gasteiger partial charge in [0.05, 0.1) is 6.04 Å². The molecule has 3 atom stereocenters. The molecule has 0 spiro atoms. The van der Waals surface area contributed by atoms with Gasteiger partial charge < -0.3 is 10.6 Å². The van der Waals surface area contributed by atoms with E-state index >= 15 is 0 Å². The molecule has 3 unspecified atom stereocenters. The molecular weight excluding hydrogens is 230 g/mol. The molecule has 2 heterocycles. The summed E-state index contributed by atoms with van der Waals surface area (Å²) in [5.74, 6) is 0.862. The summed E-state index contributed by atoms with van der Waals surface area (Å²) in [7, 11) is 0. The fourth-order valence-corrected chi connectivity index (χ4v) is 3.16. The van der Waals surface area contributed by atoms with Gasteiger partial charge in [-0.3, -0.25) is 0 Å². The highest BCUT2D eigenvalue weighted by atomic mass is 32.1. The second-order valence-electron chi connectivity index (χ2n) is 5.22. The van der Waals surface area contributed by atoms with Gasteiger partial charge in [-0.15, -0.1) is 11.3 Å². The van der Waals surface area contributed by atoms with Crippen LogP contribution in [0.1, 0.15) is 42.6 Å². The minimum absolute atomic E-state index is 0.368. The van der Waals surface area contributed by atoms with Crippen molar-refractivity contribution in [2.24, 2.45) is 5.92 Å². The molecule has 0 saturated carbocycles. The maximum absolute atomic E-state index is 4.43. The van der Waals surface area contributed by atoms with Crippen molar-refractivity contribution in [1.29, 1.82) is 0 Å². The molecule has 1 aliphatic heterocycles. The molecule has 1 aliphatic rings. The lowest BCUT2D eigenvalue weighted by atomic mass is 9.94. The maximum atomic E-state index is 4.43. The van der Waals surface area contributed by atoms with Gasteiger partial charge in [0.2, 0.25) is 0 Å². The molecule has 1 aromatic rings. The van der Waals surface area contributed by atoms with Crippen molar-refractivity contribution in [1.82, 2.24) is 15.6 Å². The first-order chi connectivity index (χ1) is 8.15. The van der Waals surface area contributed by atoms with Gasteiger partial charge in [0, 0.05) is 23.7 Å². The van der Waals surface area contributed by atoms with E-state index in [0.717, 1.165) is 19.0 Å². The number of aromatic nitrogens is 1. The van der Waals surface area contributed by atoms with Crippen molar-refractivity contribution in [3.63, 3.8) is 0 Å². The van der Waals surface area contributed by atoms with Crippen molar-refractivity contribution in [2.45, 2.75) is 45.7 Å². The third-order valence-electron chi connectivity index (χ3n) is 3.44. The highest BCUT2D eigenvalue weighted by Crippen LogP contribution is 2.20. The Balaban J connectivity index is 1.77. The van der Waals surface area contributed by atoms with Crippen LogP contribution in [0.15, 0.2) is 6.20 Å². The van der Waals surface area contributed by atoms with Gasteiger partial charge in [-0.25, -0.2) is 4.98 Å². The van der Waals surface area contributed by atoms with Crippen LogP contribution in [-0.2, 0) is 0 Å². The van der Waals surface area contributed by atoms with E-state index < -0.39 is 0 Å². The van der Waals surface area contributed by atoms with Gasteiger partial charge in [-0.05, 0) is 39.2 Å². The second-order valence-corrected chi connectivity index (χ2v) is 6.49. The van der Waals surface area contributed by atoms with Crippen LogP contribution in [0.3, 0.4) is 0 Å². The Morgan fingerprint density at radius 1 is 1.65 bits per heavy atom. The van der Waals surface area contributed by atoms with Crippen LogP contribution in [-0.4, -0.2) is 24.1 Å². The van der Waals surface area contributed by atoms with E-state index in [4.69, 9.17) is 0 Å². The molecule has 1 fully saturated rings. The average Bonchev–Trinajstić information content (AvgIpc) is 2.73. The van der Waals surface area contributed by atoms with Gasteiger partial charge in [-0.1, -0.05) is 6.92 Å². The van der Waals surface area contributed by atoms with Gasteiger partial charge in [0.15, 0.2) is 0 Å². The standard InChI is InChI=1S/C13H23N3S/c1-9-4-5-14-12(6-9)8-15-11(3)13-16-7-10(2)17-13/h7,9,11-12,14-15H,4-6,8H2,1-3H3. The Labute approximate surface area is 108 Å². The molecule has 17 heavy (non-hydrogen) atoms. The van der Waals surface area contributed by atoms with Crippen LogP contribution in [0.25, 0.3) is 0 Å². The summed E-state index contributed by atoms with van der Waals surface area (Å²) < 4.78 is 0. The molecule has 0 radical (unpaired) electrons. The fraction of sp³-hybridized carbons (Fsp3) is 0.769. The number of hydrogen-bond acceptors (Lipinski definition) is 4. The Morgan fingerprint density at radius 2 is 2.47 bits per heavy atom. The molecule has 4 heteroatoms. The van der Waals surface area contributed by atoms with Crippen molar-refractivity contribution < 1.29 is 0 Å². The minimum Gasteiger partial charge on any atom is -0.313 e. The lowest BCUT2D eigenvalue weighted by Gasteiger charge is -2.29. The van der Waals surface area contributed by atoms with Gasteiger partial charge in [-0.2, -0.15) is 0 Å². The number of thiazole rings is 1. The highest BCUT2D eigenvalue weighted by Gasteiger charge is 2.19. The zero-order valence-electron chi connectivity index (χ0n) is 11.0. The Hall–Kier alpha value is -0.450. The van der Waals surface area contributed by atoms with E-state index in [1.807, 2.05) is 6.20 Å². The lowest BCUT2D eigenvalue weighted by molar-refractivity contribution is 0.305. The summed E-state index contributed by atoms with van der Waals surface area (Å²) in [6, 6.07) is 0.995. The van der Waals surface area contributed by atoms with E-state index in [2.05, 4.69) is 36.4 Å². The van der Waals surface area contributed by atoms with Crippen LogP contribution < -0.4 is 10.6 Å². The summed E-state index contributed by atoms with van der Waals surface area (Å²) in [6.45, 7) is 8.87. The number of nitrogens with one attached hydrogen (secondary N) is 2. The maximum Gasteiger partial charge on any atom is 0.109 e. The third kappa shape index (κ3) is 3.76. The van der Waals surface area contributed by atoms with E-state index in [1.54, 1.807) is 11.3 Å². The highest BCUT2D eigenvalue weighted by molar-refractivity contribution is 7.11. The van der Waals surface area contributed by atoms with Crippen molar-refractivity contribution >= 4 is 11.3 Å². The smallest absolute Gasteiger partial charge is 0.109 e. The van der Waals surface area contributed by atoms with Crippen molar-refractivity contribution in [3.8, 4) is 0 Å². The zero-order valence-corrected chi connectivity index (χ0v) is 11.8. The Kier molecular flexibility index (Phi) is 4.54. The van der Waals surface area contributed by atoms with Gasteiger partial charge in [0.1, 0.15) is 5.01 Å². The number of aryl methyl sites for hydroxylation is 1. The van der Waals surface area contributed by atoms with E-state index in [9.17, 15) is 0 Å². The Bertz CT molecular complexity index is 350. The van der Waals surface area contributed by atoms with Crippen LogP contribution in [0, 0.1) is 12.8 Å². The minimum atomic E-state index is 0.368. The number of hydrogen-bond donors (Lipinski definition) is 2. The molecule has 3 nitrogen and oxygen atoms in total. The molecule has 1 saturated heterocycles. The van der Waals surface area contributed by atoms with Crippen molar-refractivity contribution in [3.05, 3.63) is 16.1 Å². The van der Waals surface area contributed by atoms with Crippen LogP contribution >= 0.6 is 11.3 Å². The summed E-state index contributed by atoms with van der Waals surface area (Å²) in [6.07, 6.45) is 4.56. The van der Waals surface area contributed by atoms with Crippen LogP contribution in [0.4, 0.5) is 0 Å². The first kappa shape index (κ1) is 13.0. The Morgan fingerprint density at radius 3 is 3.12 bits per heavy atom. The molecule has 2 rings (SSSR count). The first-order valence-corrected chi connectivity index (χ1v) is 7.36. The normalized spacial score (nSPS) is 27.0. The lowest BCUT2D eigenvalue weighted by Crippen LogP contribution is -2.44. The van der Waals surface area contributed by atoms with Crippen molar-refractivity contribution in [2.75, 3.05) is 13.1 Å². The van der Waals surface area contributed by atoms with Gasteiger partial charge >= 0.3 is 0 Å². The molecule has 96 valence electrons. The second kappa shape index (κ2) is 5.94. The topological polar surface area (TPSA) is 37.0 Å². The average molecular weight is 253 g/mol.